The summed E-state index contributed by atoms with van der Waals surface area (Å²) in [5.41, 5.74) is 0. The number of Topliss-reactive ketones (excluding diaryl/α,β-unsaturated/α-hetero) is 1. The Morgan fingerprint density at radius 1 is 1.00 bits per heavy atom. The summed E-state index contributed by atoms with van der Waals surface area (Å²) in [4.78, 5) is 39.0. The molecule has 4 heteroatoms. The zero-order valence-corrected chi connectivity index (χ0v) is 13.6. The predicted molar refractivity (Wildman–Crippen MR) is 82.9 cm³/mol. The molecule has 0 bridgehead atoms. The first kappa shape index (κ1) is 15.7. The van der Waals surface area contributed by atoms with Crippen molar-refractivity contribution in [1.29, 1.82) is 0 Å². The molecule has 4 nitrogen and oxygen atoms in total. The first-order chi connectivity index (χ1) is 10.6. The first-order valence-corrected chi connectivity index (χ1v) is 9.00. The van der Waals surface area contributed by atoms with Gasteiger partial charge in [0.15, 0.2) is 0 Å². The average molecular weight is 305 g/mol. The fourth-order valence-corrected chi connectivity index (χ4v) is 4.79. The van der Waals surface area contributed by atoms with Crippen molar-refractivity contribution in [2.75, 3.05) is 6.54 Å². The molecule has 1 unspecified atom stereocenters. The van der Waals surface area contributed by atoms with Crippen LogP contribution in [0.5, 0.6) is 0 Å². The van der Waals surface area contributed by atoms with Crippen molar-refractivity contribution in [3.05, 3.63) is 0 Å². The van der Waals surface area contributed by atoms with Gasteiger partial charge in [-0.1, -0.05) is 45.4 Å². The Bertz CT molecular complexity index is 467. The van der Waals surface area contributed by atoms with Gasteiger partial charge in [-0.25, -0.2) is 0 Å². The van der Waals surface area contributed by atoms with Crippen LogP contribution in [0.25, 0.3) is 0 Å². The molecule has 0 aromatic carbocycles. The van der Waals surface area contributed by atoms with E-state index in [-0.39, 0.29) is 35.4 Å². The fraction of sp³-hybridized carbons (Fsp3) is 0.833. The highest BCUT2D eigenvalue weighted by Crippen LogP contribution is 2.47. The van der Waals surface area contributed by atoms with Crippen LogP contribution in [0.4, 0.5) is 0 Å². The third-order valence-corrected chi connectivity index (χ3v) is 5.93. The standard InChI is InChI=1S/C18H27NO3/c1-2-3-9-19-17(21)15-11-13(20)10-14(16(15)18(19)22)12-7-5-4-6-8-12/h12,14-16H,2-11H2,1H3/t14?,15-,16+/m0/s1. The van der Waals surface area contributed by atoms with E-state index in [1.807, 2.05) is 0 Å². The van der Waals surface area contributed by atoms with E-state index >= 15 is 0 Å². The summed E-state index contributed by atoms with van der Waals surface area (Å²) in [7, 11) is 0. The smallest absolute Gasteiger partial charge is 0.233 e. The van der Waals surface area contributed by atoms with E-state index in [0.717, 1.165) is 25.7 Å². The van der Waals surface area contributed by atoms with Crippen molar-refractivity contribution in [2.45, 2.75) is 64.7 Å². The molecule has 2 saturated carbocycles. The van der Waals surface area contributed by atoms with Gasteiger partial charge in [0.1, 0.15) is 5.78 Å². The molecule has 3 aliphatic rings. The highest BCUT2D eigenvalue weighted by Gasteiger charge is 2.55. The molecule has 3 fully saturated rings. The van der Waals surface area contributed by atoms with E-state index in [4.69, 9.17) is 0 Å². The van der Waals surface area contributed by atoms with Gasteiger partial charge >= 0.3 is 0 Å². The molecule has 0 aromatic heterocycles. The van der Waals surface area contributed by atoms with Crippen molar-refractivity contribution in [2.24, 2.45) is 23.7 Å². The third-order valence-electron chi connectivity index (χ3n) is 5.93. The van der Waals surface area contributed by atoms with Gasteiger partial charge in [-0.2, -0.15) is 0 Å². The summed E-state index contributed by atoms with van der Waals surface area (Å²) in [5, 5.41) is 0. The normalized spacial score (nSPS) is 33.4. The first-order valence-electron chi connectivity index (χ1n) is 9.00. The second-order valence-electron chi connectivity index (χ2n) is 7.32. The Morgan fingerprint density at radius 2 is 1.73 bits per heavy atom. The predicted octanol–water partition coefficient (Wildman–Crippen LogP) is 2.95. The molecule has 0 spiro atoms. The molecule has 3 atom stereocenters. The molecular weight excluding hydrogens is 278 g/mol. The Hall–Kier alpha value is -1.19. The lowest BCUT2D eigenvalue weighted by molar-refractivity contribution is -0.140. The molecule has 0 aromatic rings. The van der Waals surface area contributed by atoms with Gasteiger partial charge in [0, 0.05) is 19.4 Å². The van der Waals surface area contributed by atoms with E-state index < -0.39 is 0 Å². The molecular formula is C18H27NO3. The number of imide groups is 1. The minimum absolute atomic E-state index is 0.0199. The SMILES string of the molecule is CCCCN1C(=O)[C@H]2CC(=O)CC(C3CCCCC3)[C@H]2C1=O. The van der Waals surface area contributed by atoms with Crippen molar-refractivity contribution in [1.82, 2.24) is 4.90 Å². The lowest BCUT2D eigenvalue weighted by Gasteiger charge is -2.37. The highest BCUT2D eigenvalue weighted by atomic mass is 16.2. The van der Waals surface area contributed by atoms with Gasteiger partial charge in [-0.3, -0.25) is 19.3 Å². The van der Waals surface area contributed by atoms with Gasteiger partial charge in [0.05, 0.1) is 11.8 Å². The molecule has 0 radical (unpaired) electrons. The number of hydrogen-bond donors (Lipinski definition) is 0. The van der Waals surface area contributed by atoms with Gasteiger partial charge < -0.3 is 0 Å². The third kappa shape index (κ3) is 2.72. The van der Waals surface area contributed by atoms with E-state index in [0.29, 0.717) is 25.3 Å². The number of amides is 2. The Labute approximate surface area is 132 Å². The van der Waals surface area contributed by atoms with Gasteiger partial charge in [0.2, 0.25) is 11.8 Å². The second kappa shape index (κ2) is 6.51. The minimum atomic E-state index is -0.350. The van der Waals surface area contributed by atoms with Crippen LogP contribution in [0.15, 0.2) is 0 Å². The largest absolute Gasteiger partial charge is 0.300 e. The molecule has 1 heterocycles. The van der Waals surface area contributed by atoms with Crippen molar-refractivity contribution in [3.8, 4) is 0 Å². The lowest BCUT2D eigenvalue weighted by Crippen LogP contribution is -2.39. The van der Waals surface area contributed by atoms with Crippen LogP contribution in [0.3, 0.4) is 0 Å². The summed E-state index contributed by atoms with van der Waals surface area (Å²) in [6.07, 6.45) is 8.56. The fourth-order valence-electron chi connectivity index (χ4n) is 4.79. The Morgan fingerprint density at radius 3 is 2.41 bits per heavy atom. The Kier molecular flexibility index (Phi) is 4.65. The number of nitrogens with zero attached hydrogens (tertiary/aromatic N) is 1. The highest BCUT2D eigenvalue weighted by molar-refractivity contribution is 6.07. The minimum Gasteiger partial charge on any atom is -0.300 e. The molecule has 122 valence electrons. The van der Waals surface area contributed by atoms with Crippen LogP contribution in [0.1, 0.15) is 64.7 Å². The maximum absolute atomic E-state index is 12.8. The van der Waals surface area contributed by atoms with E-state index in [2.05, 4.69) is 6.92 Å². The van der Waals surface area contributed by atoms with Crippen molar-refractivity contribution in [3.63, 3.8) is 0 Å². The zero-order chi connectivity index (χ0) is 15.7. The number of carbonyl (C=O) groups excluding carboxylic acids is 3. The van der Waals surface area contributed by atoms with E-state index in [1.165, 1.54) is 24.2 Å². The molecule has 3 rings (SSSR count). The van der Waals surface area contributed by atoms with Crippen LogP contribution in [0.2, 0.25) is 0 Å². The van der Waals surface area contributed by atoms with Crippen LogP contribution >= 0.6 is 0 Å². The topological polar surface area (TPSA) is 54.5 Å². The molecule has 1 saturated heterocycles. The summed E-state index contributed by atoms with van der Waals surface area (Å²) in [6, 6.07) is 0. The number of likely N-dealkylation sites (tertiary alicyclic amines) is 1. The number of rotatable bonds is 4. The van der Waals surface area contributed by atoms with Crippen LogP contribution < -0.4 is 0 Å². The van der Waals surface area contributed by atoms with E-state index in [9.17, 15) is 14.4 Å². The van der Waals surface area contributed by atoms with Crippen LogP contribution in [-0.2, 0) is 14.4 Å². The van der Waals surface area contributed by atoms with E-state index in [1.54, 1.807) is 0 Å². The molecule has 0 N–H and O–H groups in total. The number of unbranched alkanes of at least 4 members (excludes halogenated alkanes) is 1. The lowest BCUT2D eigenvalue weighted by atomic mass is 9.64. The number of hydrogen-bond acceptors (Lipinski definition) is 3. The van der Waals surface area contributed by atoms with Gasteiger partial charge in [-0.05, 0) is 18.3 Å². The summed E-state index contributed by atoms with van der Waals surface area (Å²) in [6.45, 7) is 2.60. The summed E-state index contributed by atoms with van der Waals surface area (Å²) in [5.74, 6) is 0.171. The quantitative estimate of drug-likeness (QED) is 0.750. The molecule has 2 amide bonds. The monoisotopic (exact) mass is 305 g/mol. The second-order valence-corrected chi connectivity index (χ2v) is 7.32. The summed E-state index contributed by atoms with van der Waals surface area (Å²) >= 11 is 0. The molecule has 2 aliphatic carbocycles. The number of fused-ring (bicyclic) bond motifs is 1. The van der Waals surface area contributed by atoms with Crippen molar-refractivity contribution < 1.29 is 14.4 Å². The summed E-state index contributed by atoms with van der Waals surface area (Å²) < 4.78 is 0. The van der Waals surface area contributed by atoms with Crippen LogP contribution in [-0.4, -0.2) is 29.0 Å². The number of carbonyl (C=O) groups is 3. The van der Waals surface area contributed by atoms with Crippen LogP contribution in [0, 0.1) is 23.7 Å². The molecule has 1 aliphatic heterocycles. The van der Waals surface area contributed by atoms with Crippen molar-refractivity contribution >= 4 is 17.6 Å². The van der Waals surface area contributed by atoms with Gasteiger partial charge in [-0.15, -0.1) is 0 Å². The number of ketones is 1. The zero-order valence-electron chi connectivity index (χ0n) is 13.6. The Balaban J connectivity index is 1.82. The average Bonchev–Trinajstić information content (AvgIpc) is 2.77. The maximum atomic E-state index is 12.8. The molecule has 22 heavy (non-hydrogen) atoms. The maximum Gasteiger partial charge on any atom is 0.233 e. The van der Waals surface area contributed by atoms with Gasteiger partial charge in [0.25, 0.3) is 0 Å².